The van der Waals surface area contributed by atoms with Crippen molar-refractivity contribution >= 4 is 29.0 Å². The highest BCUT2D eigenvalue weighted by molar-refractivity contribution is 6.30. The van der Waals surface area contributed by atoms with E-state index < -0.39 is 0 Å². The molecule has 0 radical (unpaired) electrons. The van der Waals surface area contributed by atoms with Crippen molar-refractivity contribution in [2.45, 2.75) is 6.42 Å². The van der Waals surface area contributed by atoms with Gasteiger partial charge in [0.05, 0.1) is 5.56 Å². The predicted molar refractivity (Wildman–Crippen MR) is 108 cm³/mol. The van der Waals surface area contributed by atoms with Gasteiger partial charge in [-0.1, -0.05) is 36.4 Å². The summed E-state index contributed by atoms with van der Waals surface area (Å²) in [4.78, 5) is 11.9. The number of H-pyrrole nitrogens is 1. The standard InChI is InChI=1S/C20H20ClN5/c1-14(15-5-4-6-16(21)13-15)26-20-18(9-12-25-20)19(22)24-11-8-17-7-2-3-10-23-17/h2-7,9-10,12-13,25-26H,1,8,11H2,(H2,22,24). The molecule has 0 amide bonds. The molecule has 5 nitrogen and oxygen atoms in total. The fourth-order valence-electron chi connectivity index (χ4n) is 2.51. The van der Waals surface area contributed by atoms with Crippen LogP contribution in [0.4, 0.5) is 5.82 Å². The first kappa shape index (κ1) is 17.8. The molecule has 3 aromatic rings. The van der Waals surface area contributed by atoms with Crippen molar-refractivity contribution < 1.29 is 0 Å². The molecule has 0 aliphatic heterocycles. The number of aliphatic imine (C=N–C) groups is 1. The number of halogens is 1. The van der Waals surface area contributed by atoms with Crippen molar-refractivity contribution in [2.24, 2.45) is 10.7 Å². The fraction of sp³-hybridized carbons (Fsp3) is 0.100. The van der Waals surface area contributed by atoms with Crippen LogP contribution in [0.2, 0.25) is 5.02 Å². The summed E-state index contributed by atoms with van der Waals surface area (Å²) in [6.07, 6.45) is 4.33. The average molecular weight is 366 g/mol. The number of rotatable bonds is 7. The monoisotopic (exact) mass is 365 g/mol. The second-order valence-electron chi connectivity index (χ2n) is 5.72. The van der Waals surface area contributed by atoms with E-state index in [1.807, 2.05) is 54.7 Å². The first-order valence-electron chi connectivity index (χ1n) is 8.23. The highest BCUT2D eigenvalue weighted by Gasteiger charge is 2.09. The van der Waals surface area contributed by atoms with Gasteiger partial charge < -0.3 is 16.0 Å². The molecule has 1 aromatic carbocycles. The van der Waals surface area contributed by atoms with E-state index in [4.69, 9.17) is 17.3 Å². The lowest BCUT2D eigenvalue weighted by Crippen LogP contribution is -2.16. The molecule has 2 heterocycles. The molecule has 0 saturated carbocycles. The van der Waals surface area contributed by atoms with Gasteiger partial charge in [0.15, 0.2) is 0 Å². The van der Waals surface area contributed by atoms with Gasteiger partial charge >= 0.3 is 0 Å². The van der Waals surface area contributed by atoms with E-state index in [0.717, 1.165) is 34.8 Å². The zero-order chi connectivity index (χ0) is 18.4. The van der Waals surface area contributed by atoms with Crippen LogP contribution in [0.1, 0.15) is 16.8 Å². The number of nitrogens with two attached hydrogens (primary N) is 1. The van der Waals surface area contributed by atoms with Gasteiger partial charge in [-0.15, -0.1) is 0 Å². The Morgan fingerprint density at radius 3 is 2.88 bits per heavy atom. The highest BCUT2D eigenvalue weighted by atomic mass is 35.5. The van der Waals surface area contributed by atoms with Gasteiger partial charge in [-0.2, -0.15) is 0 Å². The molecular weight excluding hydrogens is 346 g/mol. The third-order valence-corrected chi connectivity index (χ3v) is 4.08. The van der Waals surface area contributed by atoms with Crippen LogP contribution in [0.5, 0.6) is 0 Å². The van der Waals surface area contributed by atoms with Crippen LogP contribution < -0.4 is 11.1 Å². The Morgan fingerprint density at radius 1 is 1.23 bits per heavy atom. The third kappa shape index (κ3) is 4.52. The fourth-order valence-corrected chi connectivity index (χ4v) is 2.70. The molecule has 0 saturated heterocycles. The van der Waals surface area contributed by atoms with E-state index in [2.05, 4.69) is 26.9 Å². The normalized spacial score (nSPS) is 11.3. The minimum atomic E-state index is 0.462. The van der Waals surface area contributed by atoms with Crippen molar-refractivity contribution in [1.82, 2.24) is 9.97 Å². The number of aromatic nitrogens is 2. The zero-order valence-electron chi connectivity index (χ0n) is 14.2. The lowest BCUT2D eigenvalue weighted by Gasteiger charge is -2.11. The quantitative estimate of drug-likeness (QED) is 0.435. The van der Waals surface area contributed by atoms with Gasteiger partial charge in [-0.3, -0.25) is 9.98 Å². The Kier molecular flexibility index (Phi) is 5.71. The molecule has 6 heteroatoms. The van der Waals surface area contributed by atoms with Crippen LogP contribution in [-0.2, 0) is 6.42 Å². The highest BCUT2D eigenvalue weighted by Crippen LogP contribution is 2.21. The number of nitrogens with zero attached hydrogens (tertiary/aromatic N) is 2. The molecule has 0 aliphatic rings. The smallest absolute Gasteiger partial charge is 0.129 e. The Labute approximate surface area is 157 Å². The van der Waals surface area contributed by atoms with Crippen molar-refractivity contribution in [3.05, 3.63) is 89.3 Å². The predicted octanol–water partition coefficient (Wildman–Crippen LogP) is 4.09. The number of anilines is 1. The molecular formula is C20H20ClN5. The molecule has 0 fully saturated rings. The van der Waals surface area contributed by atoms with E-state index in [1.165, 1.54) is 0 Å². The van der Waals surface area contributed by atoms with E-state index in [1.54, 1.807) is 6.20 Å². The molecule has 132 valence electrons. The average Bonchev–Trinajstić information content (AvgIpc) is 3.11. The van der Waals surface area contributed by atoms with Crippen molar-refractivity contribution in [3.63, 3.8) is 0 Å². The van der Waals surface area contributed by atoms with Crippen LogP contribution in [0.15, 0.2) is 72.5 Å². The van der Waals surface area contributed by atoms with Crippen LogP contribution in [0.25, 0.3) is 5.70 Å². The van der Waals surface area contributed by atoms with E-state index in [0.29, 0.717) is 17.4 Å². The molecule has 0 unspecified atom stereocenters. The van der Waals surface area contributed by atoms with E-state index >= 15 is 0 Å². The Bertz CT molecular complexity index is 915. The topological polar surface area (TPSA) is 79.1 Å². The van der Waals surface area contributed by atoms with Crippen molar-refractivity contribution in [3.8, 4) is 0 Å². The molecule has 0 aliphatic carbocycles. The summed E-state index contributed by atoms with van der Waals surface area (Å²) in [7, 11) is 0. The Hall–Kier alpha value is -3.05. The van der Waals surface area contributed by atoms with Gasteiger partial charge in [0.2, 0.25) is 0 Å². The molecule has 0 bridgehead atoms. The van der Waals surface area contributed by atoms with Crippen LogP contribution in [0, 0.1) is 0 Å². The summed E-state index contributed by atoms with van der Waals surface area (Å²) in [5, 5.41) is 3.90. The number of hydrogen-bond acceptors (Lipinski definition) is 3. The lowest BCUT2D eigenvalue weighted by molar-refractivity contribution is 0.922. The number of amidine groups is 1. The van der Waals surface area contributed by atoms with Gasteiger partial charge in [-0.25, -0.2) is 0 Å². The maximum atomic E-state index is 6.16. The van der Waals surface area contributed by atoms with Gasteiger partial charge in [-0.05, 0) is 35.9 Å². The van der Waals surface area contributed by atoms with Gasteiger partial charge in [0.25, 0.3) is 0 Å². The number of aromatic amines is 1. The summed E-state index contributed by atoms with van der Waals surface area (Å²) in [6, 6.07) is 15.2. The number of nitrogens with one attached hydrogen (secondary N) is 2. The number of benzene rings is 1. The Balaban J connectivity index is 1.67. The number of pyridine rings is 1. The summed E-state index contributed by atoms with van der Waals surface area (Å²) >= 11 is 6.04. The van der Waals surface area contributed by atoms with Crippen LogP contribution in [-0.4, -0.2) is 22.3 Å². The van der Waals surface area contributed by atoms with Crippen molar-refractivity contribution in [1.29, 1.82) is 0 Å². The maximum absolute atomic E-state index is 6.16. The second kappa shape index (κ2) is 8.36. The van der Waals surface area contributed by atoms with E-state index in [9.17, 15) is 0 Å². The van der Waals surface area contributed by atoms with Crippen molar-refractivity contribution in [2.75, 3.05) is 11.9 Å². The largest absolute Gasteiger partial charge is 0.383 e. The summed E-state index contributed by atoms with van der Waals surface area (Å²) in [6.45, 7) is 4.64. The molecule has 3 rings (SSSR count). The van der Waals surface area contributed by atoms with Crippen LogP contribution in [0.3, 0.4) is 0 Å². The van der Waals surface area contributed by atoms with Gasteiger partial charge in [0, 0.05) is 41.8 Å². The summed E-state index contributed by atoms with van der Waals surface area (Å²) in [5.74, 6) is 1.21. The minimum Gasteiger partial charge on any atom is -0.383 e. The Morgan fingerprint density at radius 2 is 2.12 bits per heavy atom. The lowest BCUT2D eigenvalue weighted by atomic mass is 10.1. The van der Waals surface area contributed by atoms with Crippen LogP contribution >= 0.6 is 11.6 Å². The molecule has 26 heavy (non-hydrogen) atoms. The molecule has 0 atom stereocenters. The third-order valence-electron chi connectivity index (χ3n) is 3.85. The SMILES string of the molecule is C=C(Nc1[nH]ccc1C(N)=NCCc1ccccn1)c1cccc(Cl)c1. The first-order valence-corrected chi connectivity index (χ1v) is 8.61. The zero-order valence-corrected chi connectivity index (χ0v) is 15.0. The summed E-state index contributed by atoms with van der Waals surface area (Å²) in [5.41, 5.74) is 9.58. The summed E-state index contributed by atoms with van der Waals surface area (Å²) < 4.78 is 0. The van der Waals surface area contributed by atoms with Gasteiger partial charge in [0.1, 0.15) is 11.7 Å². The number of hydrogen-bond donors (Lipinski definition) is 3. The molecule has 2 aromatic heterocycles. The first-order chi connectivity index (χ1) is 12.6. The molecule has 0 spiro atoms. The van der Waals surface area contributed by atoms with E-state index in [-0.39, 0.29) is 0 Å². The molecule has 4 N–H and O–H groups in total. The second-order valence-corrected chi connectivity index (χ2v) is 6.15. The maximum Gasteiger partial charge on any atom is 0.129 e. The minimum absolute atomic E-state index is 0.462.